The first kappa shape index (κ1) is 19.1. The predicted octanol–water partition coefficient (Wildman–Crippen LogP) is 4.44. The molecule has 3 rings (SSSR count). The molecule has 0 bridgehead atoms. The fraction of sp³-hybridized carbons (Fsp3) is 0.409. The molecule has 0 spiro atoms. The molecule has 5 heteroatoms. The van der Waals surface area contributed by atoms with Crippen LogP contribution in [-0.4, -0.2) is 43.2 Å². The van der Waals surface area contributed by atoms with Crippen LogP contribution < -0.4 is 15.0 Å². The Labute approximate surface area is 161 Å². The topological polar surface area (TPSA) is 44.8 Å². The van der Waals surface area contributed by atoms with Crippen LogP contribution in [-0.2, 0) is 0 Å². The molecule has 1 heterocycles. The van der Waals surface area contributed by atoms with Gasteiger partial charge in [-0.3, -0.25) is 0 Å². The van der Waals surface area contributed by atoms with Gasteiger partial charge in [0.05, 0.1) is 11.8 Å². The van der Waals surface area contributed by atoms with Gasteiger partial charge in [-0.25, -0.2) is 4.79 Å². The summed E-state index contributed by atoms with van der Waals surface area (Å²) in [5.74, 6) is 0.903. The lowest BCUT2D eigenvalue weighted by Crippen LogP contribution is -2.50. The Kier molecular flexibility index (Phi) is 5.89. The normalized spacial score (nSPS) is 14.4. The zero-order valence-corrected chi connectivity index (χ0v) is 16.7. The number of aryl methyl sites for hydroxylation is 2. The monoisotopic (exact) mass is 367 g/mol. The SMILES string of the molecule is Cc1cc(C)cc(NC(=O)N2CCN(c3ccccc3OC(C)C)CC2)c1. The van der Waals surface area contributed by atoms with Gasteiger partial charge in [0.25, 0.3) is 0 Å². The first-order valence-electron chi connectivity index (χ1n) is 9.57. The summed E-state index contributed by atoms with van der Waals surface area (Å²) >= 11 is 0. The summed E-state index contributed by atoms with van der Waals surface area (Å²) < 4.78 is 5.94. The van der Waals surface area contributed by atoms with Crippen molar-refractivity contribution in [1.29, 1.82) is 0 Å². The zero-order valence-electron chi connectivity index (χ0n) is 16.7. The van der Waals surface area contributed by atoms with Gasteiger partial charge in [-0.1, -0.05) is 18.2 Å². The van der Waals surface area contributed by atoms with E-state index in [1.807, 2.05) is 62.9 Å². The Bertz CT molecular complexity index is 776. The van der Waals surface area contributed by atoms with Crippen molar-refractivity contribution in [1.82, 2.24) is 4.90 Å². The highest BCUT2D eigenvalue weighted by Gasteiger charge is 2.23. The van der Waals surface area contributed by atoms with Crippen LogP contribution in [0, 0.1) is 13.8 Å². The van der Waals surface area contributed by atoms with E-state index in [1.54, 1.807) is 0 Å². The molecule has 0 radical (unpaired) electrons. The minimum absolute atomic E-state index is 0.0358. The summed E-state index contributed by atoms with van der Waals surface area (Å²) in [4.78, 5) is 16.8. The van der Waals surface area contributed by atoms with Gasteiger partial charge in [0.1, 0.15) is 5.75 Å². The molecular formula is C22H29N3O2. The number of nitrogens with zero attached hydrogens (tertiary/aromatic N) is 2. The van der Waals surface area contributed by atoms with Crippen molar-refractivity contribution in [2.75, 3.05) is 36.4 Å². The number of piperazine rings is 1. The number of para-hydroxylation sites is 2. The molecule has 0 atom stereocenters. The molecule has 1 N–H and O–H groups in total. The molecule has 1 aliphatic rings. The maximum absolute atomic E-state index is 12.6. The number of rotatable bonds is 4. The second-order valence-corrected chi connectivity index (χ2v) is 7.41. The van der Waals surface area contributed by atoms with Crippen LogP contribution in [0.1, 0.15) is 25.0 Å². The summed E-state index contributed by atoms with van der Waals surface area (Å²) in [6, 6.07) is 14.2. The van der Waals surface area contributed by atoms with E-state index in [0.717, 1.165) is 41.3 Å². The summed E-state index contributed by atoms with van der Waals surface area (Å²) in [5.41, 5.74) is 4.25. The second-order valence-electron chi connectivity index (χ2n) is 7.41. The average Bonchev–Trinajstić information content (AvgIpc) is 2.61. The standard InChI is InChI=1S/C22H29N3O2/c1-16(2)27-21-8-6-5-7-20(21)24-9-11-25(12-10-24)22(26)23-19-14-17(3)13-18(4)15-19/h5-8,13-16H,9-12H2,1-4H3,(H,23,26). The van der Waals surface area contributed by atoms with Crippen LogP contribution in [0.5, 0.6) is 5.75 Å². The number of benzene rings is 2. The van der Waals surface area contributed by atoms with Crippen molar-refractivity contribution in [2.24, 2.45) is 0 Å². The molecule has 0 aromatic heterocycles. The number of carbonyl (C=O) groups is 1. The van der Waals surface area contributed by atoms with Crippen LogP contribution in [0.4, 0.5) is 16.2 Å². The molecule has 2 aromatic carbocycles. The molecule has 144 valence electrons. The lowest BCUT2D eigenvalue weighted by Gasteiger charge is -2.36. The second kappa shape index (κ2) is 8.33. The molecule has 27 heavy (non-hydrogen) atoms. The molecule has 0 aliphatic carbocycles. The first-order chi connectivity index (χ1) is 12.9. The summed E-state index contributed by atoms with van der Waals surface area (Å²) in [6.07, 6.45) is 0.135. The van der Waals surface area contributed by atoms with Gasteiger partial charge >= 0.3 is 6.03 Å². The van der Waals surface area contributed by atoms with E-state index < -0.39 is 0 Å². The number of nitrogens with one attached hydrogen (secondary N) is 1. The molecular weight excluding hydrogens is 338 g/mol. The maximum Gasteiger partial charge on any atom is 0.321 e. The highest BCUT2D eigenvalue weighted by molar-refractivity contribution is 5.89. The Hall–Kier alpha value is -2.69. The van der Waals surface area contributed by atoms with Crippen molar-refractivity contribution in [3.63, 3.8) is 0 Å². The third-order valence-corrected chi connectivity index (χ3v) is 4.61. The Morgan fingerprint density at radius 1 is 1.00 bits per heavy atom. The minimum atomic E-state index is -0.0358. The van der Waals surface area contributed by atoms with Gasteiger partial charge in [0.15, 0.2) is 0 Å². The summed E-state index contributed by atoms with van der Waals surface area (Å²) in [5, 5.41) is 3.03. The smallest absolute Gasteiger partial charge is 0.321 e. The van der Waals surface area contributed by atoms with Gasteiger partial charge in [0, 0.05) is 31.9 Å². The minimum Gasteiger partial charge on any atom is -0.489 e. The molecule has 0 unspecified atom stereocenters. The van der Waals surface area contributed by atoms with Crippen molar-refractivity contribution in [3.8, 4) is 5.75 Å². The maximum atomic E-state index is 12.6. The average molecular weight is 367 g/mol. The largest absolute Gasteiger partial charge is 0.489 e. The third kappa shape index (κ3) is 4.94. The number of ether oxygens (including phenoxy) is 1. The highest BCUT2D eigenvalue weighted by Crippen LogP contribution is 2.29. The fourth-order valence-corrected chi connectivity index (χ4v) is 3.47. The van der Waals surface area contributed by atoms with Crippen LogP contribution in [0.3, 0.4) is 0 Å². The number of carbonyl (C=O) groups excluding carboxylic acids is 1. The van der Waals surface area contributed by atoms with E-state index in [1.165, 1.54) is 0 Å². The molecule has 2 amide bonds. The van der Waals surface area contributed by atoms with E-state index in [2.05, 4.69) is 22.3 Å². The van der Waals surface area contributed by atoms with Crippen LogP contribution in [0.2, 0.25) is 0 Å². The van der Waals surface area contributed by atoms with Crippen molar-refractivity contribution >= 4 is 17.4 Å². The van der Waals surface area contributed by atoms with Gasteiger partial charge in [-0.15, -0.1) is 0 Å². The molecule has 1 saturated heterocycles. The van der Waals surface area contributed by atoms with E-state index in [-0.39, 0.29) is 12.1 Å². The first-order valence-corrected chi connectivity index (χ1v) is 9.57. The van der Waals surface area contributed by atoms with E-state index in [0.29, 0.717) is 13.1 Å². The van der Waals surface area contributed by atoms with Gasteiger partial charge in [0.2, 0.25) is 0 Å². The summed E-state index contributed by atoms with van der Waals surface area (Å²) in [7, 11) is 0. The number of urea groups is 1. The van der Waals surface area contributed by atoms with Crippen LogP contribution in [0.25, 0.3) is 0 Å². The van der Waals surface area contributed by atoms with Crippen molar-refractivity contribution < 1.29 is 9.53 Å². The fourth-order valence-electron chi connectivity index (χ4n) is 3.47. The Morgan fingerprint density at radius 3 is 2.26 bits per heavy atom. The molecule has 1 aliphatic heterocycles. The molecule has 0 saturated carbocycles. The van der Waals surface area contributed by atoms with Crippen LogP contribution in [0.15, 0.2) is 42.5 Å². The van der Waals surface area contributed by atoms with E-state index >= 15 is 0 Å². The number of anilines is 2. The van der Waals surface area contributed by atoms with Crippen molar-refractivity contribution in [2.45, 2.75) is 33.8 Å². The predicted molar refractivity (Wildman–Crippen MR) is 111 cm³/mol. The number of hydrogen-bond donors (Lipinski definition) is 1. The van der Waals surface area contributed by atoms with Gasteiger partial charge in [-0.2, -0.15) is 0 Å². The third-order valence-electron chi connectivity index (χ3n) is 4.61. The van der Waals surface area contributed by atoms with Gasteiger partial charge < -0.3 is 19.9 Å². The summed E-state index contributed by atoms with van der Waals surface area (Å²) in [6.45, 7) is 11.1. The van der Waals surface area contributed by atoms with Crippen LogP contribution >= 0.6 is 0 Å². The zero-order chi connectivity index (χ0) is 19.4. The Morgan fingerprint density at radius 2 is 1.63 bits per heavy atom. The van der Waals surface area contributed by atoms with E-state index in [9.17, 15) is 4.79 Å². The quantitative estimate of drug-likeness (QED) is 0.869. The molecule has 5 nitrogen and oxygen atoms in total. The van der Waals surface area contributed by atoms with Gasteiger partial charge in [-0.05, 0) is 63.1 Å². The lowest BCUT2D eigenvalue weighted by atomic mass is 10.1. The van der Waals surface area contributed by atoms with Crippen molar-refractivity contribution in [3.05, 3.63) is 53.6 Å². The van der Waals surface area contributed by atoms with E-state index in [4.69, 9.17) is 4.74 Å². The molecule has 2 aromatic rings. The highest BCUT2D eigenvalue weighted by atomic mass is 16.5. The Balaban J connectivity index is 1.61. The number of hydrogen-bond acceptors (Lipinski definition) is 3. The number of amides is 2. The molecule has 1 fully saturated rings. The lowest BCUT2D eigenvalue weighted by molar-refractivity contribution is 0.207.